The second-order valence-corrected chi connectivity index (χ2v) is 8.19. The van der Waals surface area contributed by atoms with Gasteiger partial charge >= 0.3 is 0 Å². The third-order valence-corrected chi connectivity index (χ3v) is 6.09. The fraction of sp³-hybridized carbons (Fsp3) is 0.0769. The van der Waals surface area contributed by atoms with Crippen molar-refractivity contribution in [2.24, 2.45) is 0 Å². The van der Waals surface area contributed by atoms with Crippen molar-refractivity contribution in [3.8, 4) is 23.0 Å². The molecular formula is C26H19BrN2O4. The Balaban J connectivity index is 1.51. The van der Waals surface area contributed by atoms with Crippen molar-refractivity contribution in [2.75, 3.05) is 19.5 Å². The second kappa shape index (κ2) is 8.60. The number of nitrogens with zero attached hydrogens (tertiary/aromatic N) is 1. The van der Waals surface area contributed by atoms with Crippen LogP contribution in [-0.2, 0) is 0 Å². The number of hydrogen-bond acceptors (Lipinski definition) is 5. The molecule has 0 saturated carbocycles. The third kappa shape index (κ3) is 3.81. The van der Waals surface area contributed by atoms with Crippen LogP contribution in [0.15, 0.2) is 81.7 Å². The molecule has 0 atom stereocenters. The van der Waals surface area contributed by atoms with Crippen molar-refractivity contribution in [1.82, 2.24) is 4.98 Å². The van der Waals surface area contributed by atoms with Crippen LogP contribution in [0.5, 0.6) is 11.5 Å². The lowest BCUT2D eigenvalue weighted by atomic mass is 10.0. The number of amides is 1. The Morgan fingerprint density at radius 2 is 1.61 bits per heavy atom. The topological polar surface area (TPSA) is 73.6 Å². The second-order valence-electron chi connectivity index (χ2n) is 7.33. The molecular weight excluding hydrogens is 484 g/mol. The van der Waals surface area contributed by atoms with Gasteiger partial charge in [-0.1, -0.05) is 46.3 Å². The van der Waals surface area contributed by atoms with Crippen LogP contribution >= 0.6 is 15.9 Å². The maximum absolute atomic E-state index is 13.0. The van der Waals surface area contributed by atoms with E-state index in [4.69, 9.17) is 13.9 Å². The van der Waals surface area contributed by atoms with Crippen LogP contribution in [0.3, 0.4) is 0 Å². The van der Waals surface area contributed by atoms with Crippen molar-refractivity contribution in [1.29, 1.82) is 0 Å². The number of hydrogen-bond donors (Lipinski definition) is 1. The first-order chi connectivity index (χ1) is 16.1. The van der Waals surface area contributed by atoms with Crippen molar-refractivity contribution < 1.29 is 18.7 Å². The van der Waals surface area contributed by atoms with Crippen molar-refractivity contribution in [2.45, 2.75) is 0 Å². The first-order valence-corrected chi connectivity index (χ1v) is 11.0. The Morgan fingerprint density at radius 1 is 0.909 bits per heavy atom. The minimum Gasteiger partial charge on any atom is -0.496 e. The summed E-state index contributed by atoms with van der Waals surface area (Å²) in [6.07, 6.45) is 0. The average molecular weight is 503 g/mol. The van der Waals surface area contributed by atoms with Crippen molar-refractivity contribution in [3.05, 3.63) is 82.8 Å². The predicted octanol–water partition coefficient (Wildman–Crippen LogP) is 6.68. The van der Waals surface area contributed by atoms with E-state index in [9.17, 15) is 4.79 Å². The minimum atomic E-state index is -0.341. The molecule has 0 aliphatic heterocycles. The number of nitrogens with one attached hydrogen (secondary N) is 1. The fourth-order valence-electron chi connectivity index (χ4n) is 3.85. The summed E-state index contributed by atoms with van der Waals surface area (Å²) < 4.78 is 17.7. The molecule has 7 heteroatoms. The Hall–Kier alpha value is -3.84. The molecule has 6 nitrogen and oxygen atoms in total. The molecule has 0 radical (unpaired) electrons. The first kappa shape index (κ1) is 21.0. The van der Waals surface area contributed by atoms with Gasteiger partial charge in [0, 0.05) is 15.7 Å². The van der Waals surface area contributed by atoms with Crippen LogP contribution in [0.4, 0.5) is 5.69 Å². The molecule has 33 heavy (non-hydrogen) atoms. The van der Waals surface area contributed by atoms with E-state index in [2.05, 4.69) is 26.2 Å². The number of ether oxygens (including phenoxy) is 2. The van der Waals surface area contributed by atoms with Crippen LogP contribution < -0.4 is 14.8 Å². The average Bonchev–Trinajstić information content (AvgIpc) is 3.26. The van der Waals surface area contributed by atoms with Gasteiger partial charge in [0.1, 0.15) is 22.6 Å². The molecule has 0 aliphatic rings. The summed E-state index contributed by atoms with van der Waals surface area (Å²) in [5.41, 5.74) is 3.08. The molecule has 1 amide bonds. The van der Waals surface area contributed by atoms with Gasteiger partial charge in [0.05, 0.1) is 14.2 Å². The maximum atomic E-state index is 13.0. The number of carbonyl (C=O) groups excluding carboxylic acids is 1. The van der Waals surface area contributed by atoms with Crippen LogP contribution in [0.2, 0.25) is 0 Å². The van der Waals surface area contributed by atoms with E-state index in [0.717, 1.165) is 20.8 Å². The monoisotopic (exact) mass is 502 g/mol. The van der Waals surface area contributed by atoms with E-state index in [1.165, 1.54) is 14.2 Å². The number of anilines is 1. The summed E-state index contributed by atoms with van der Waals surface area (Å²) in [5.74, 6) is 1.03. The number of methoxy groups -OCH3 is 2. The van der Waals surface area contributed by atoms with E-state index in [-0.39, 0.29) is 5.91 Å². The SMILES string of the molecule is COc1cccc(OC)c1C(=O)Nc1ccc2oc(-c3cccc4c(Br)cccc34)nc2c1. The van der Waals surface area contributed by atoms with Gasteiger partial charge < -0.3 is 19.2 Å². The minimum absolute atomic E-state index is 0.324. The molecule has 0 spiro atoms. The Kier molecular flexibility index (Phi) is 5.48. The molecule has 1 heterocycles. The molecule has 0 bridgehead atoms. The molecule has 1 aromatic heterocycles. The fourth-order valence-corrected chi connectivity index (χ4v) is 4.35. The van der Waals surface area contributed by atoms with Gasteiger partial charge in [0.25, 0.3) is 5.91 Å². The van der Waals surface area contributed by atoms with Gasteiger partial charge in [0.2, 0.25) is 5.89 Å². The largest absolute Gasteiger partial charge is 0.496 e. The highest BCUT2D eigenvalue weighted by Gasteiger charge is 2.19. The highest BCUT2D eigenvalue weighted by atomic mass is 79.9. The van der Waals surface area contributed by atoms with Gasteiger partial charge in [-0.2, -0.15) is 0 Å². The molecule has 0 fully saturated rings. The molecule has 5 rings (SSSR count). The summed E-state index contributed by atoms with van der Waals surface area (Å²) in [6.45, 7) is 0. The molecule has 4 aromatic carbocycles. The number of fused-ring (bicyclic) bond motifs is 2. The summed E-state index contributed by atoms with van der Waals surface area (Å²) in [6, 6.07) is 22.6. The van der Waals surface area contributed by atoms with Crippen LogP contribution in [0.1, 0.15) is 10.4 Å². The van der Waals surface area contributed by atoms with Crippen molar-refractivity contribution >= 4 is 49.4 Å². The zero-order valence-electron chi connectivity index (χ0n) is 17.9. The first-order valence-electron chi connectivity index (χ1n) is 10.2. The number of carbonyl (C=O) groups is 1. The van der Waals surface area contributed by atoms with Crippen molar-refractivity contribution in [3.63, 3.8) is 0 Å². The quantitative estimate of drug-likeness (QED) is 0.290. The van der Waals surface area contributed by atoms with E-state index < -0.39 is 0 Å². The van der Waals surface area contributed by atoms with Gasteiger partial charge in [-0.3, -0.25) is 4.79 Å². The smallest absolute Gasteiger partial charge is 0.263 e. The summed E-state index contributed by atoms with van der Waals surface area (Å²) >= 11 is 3.60. The molecule has 164 valence electrons. The number of rotatable bonds is 5. The molecule has 0 saturated heterocycles. The molecule has 0 aliphatic carbocycles. The molecule has 5 aromatic rings. The standard InChI is InChI=1S/C26H19BrN2O4/c1-31-22-10-5-11-23(32-2)24(22)25(30)28-15-12-13-21-20(14-15)29-26(33-21)18-8-3-7-17-16(18)6-4-9-19(17)27/h3-14H,1-2H3,(H,28,30). The van der Waals surface area contributed by atoms with Gasteiger partial charge in [-0.25, -0.2) is 4.98 Å². The lowest BCUT2D eigenvalue weighted by molar-refractivity contribution is 0.102. The highest BCUT2D eigenvalue weighted by Crippen LogP contribution is 2.34. The normalized spacial score (nSPS) is 11.0. The Morgan fingerprint density at radius 3 is 2.36 bits per heavy atom. The number of aromatic nitrogens is 1. The Labute approximate surface area is 198 Å². The number of halogens is 1. The van der Waals surface area contributed by atoms with Crippen LogP contribution in [-0.4, -0.2) is 25.1 Å². The van der Waals surface area contributed by atoms with Gasteiger partial charge in [-0.15, -0.1) is 0 Å². The maximum Gasteiger partial charge on any atom is 0.263 e. The zero-order valence-corrected chi connectivity index (χ0v) is 19.5. The van der Waals surface area contributed by atoms with Crippen LogP contribution in [0, 0.1) is 0 Å². The van der Waals surface area contributed by atoms with Gasteiger partial charge in [-0.05, 0) is 53.2 Å². The lowest BCUT2D eigenvalue weighted by Crippen LogP contribution is -2.14. The molecule has 0 unspecified atom stereocenters. The van der Waals surface area contributed by atoms with E-state index in [0.29, 0.717) is 39.7 Å². The van der Waals surface area contributed by atoms with Gasteiger partial charge in [0.15, 0.2) is 5.58 Å². The summed E-state index contributed by atoms with van der Waals surface area (Å²) in [7, 11) is 3.03. The van der Waals surface area contributed by atoms with E-state index in [1.54, 1.807) is 36.4 Å². The third-order valence-electron chi connectivity index (χ3n) is 5.40. The predicted molar refractivity (Wildman–Crippen MR) is 132 cm³/mol. The zero-order chi connectivity index (χ0) is 22.9. The van der Waals surface area contributed by atoms with Crippen LogP contribution in [0.25, 0.3) is 33.3 Å². The summed E-state index contributed by atoms with van der Waals surface area (Å²) in [5, 5.41) is 5.02. The lowest BCUT2D eigenvalue weighted by Gasteiger charge is -2.12. The summed E-state index contributed by atoms with van der Waals surface area (Å²) in [4.78, 5) is 17.7. The molecule has 1 N–H and O–H groups in total. The van der Waals surface area contributed by atoms with E-state index >= 15 is 0 Å². The number of oxazole rings is 1. The number of benzene rings is 4. The Bertz CT molecular complexity index is 1490. The highest BCUT2D eigenvalue weighted by molar-refractivity contribution is 9.10. The van der Waals surface area contributed by atoms with E-state index in [1.807, 2.05) is 36.4 Å².